The van der Waals surface area contributed by atoms with Gasteiger partial charge in [-0.15, -0.1) is 10.2 Å². The molecule has 0 aliphatic heterocycles. The standard InChI is InChI=1S/C8H12N4O2S.V/c1-8(2,3)5-4-6-9-10-7(15(13)14)12(6)11-5;/h4,11H,1-3H3,(H,13,14);/p-1. The fraction of sp³-hybridized carbons (Fsp3) is 0.500. The Labute approximate surface area is 107 Å². The number of fused-ring (bicyclic) bond motifs is 1. The normalized spacial score (nSPS) is 13.8. The Morgan fingerprint density at radius 3 is 2.56 bits per heavy atom. The molecular weight excluding hydrogens is 267 g/mol. The maximum atomic E-state index is 10.8. The Kier molecular flexibility index (Phi) is 3.64. The third-order valence-corrected chi connectivity index (χ3v) is 2.68. The van der Waals surface area contributed by atoms with Crippen LogP contribution >= 0.6 is 0 Å². The maximum absolute atomic E-state index is 10.8. The zero-order chi connectivity index (χ0) is 11.2. The molecule has 6 nitrogen and oxygen atoms in total. The van der Waals surface area contributed by atoms with Crippen LogP contribution in [0.5, 0.6) is 0 Å². The van der Waals surface area contributed by atoms with Crippen molar-refractivity contribution in [3.63, 3.8) is 0 Å². The molecule has 0 aliphatic rings. The number of hydrogen-bond donors (Lipinski definition) is 1. The average Bonchev–Trinajstić information content (AvgIpc) is 2.56. The van der Waals surface area contributed by atoms with Gasteiger partial charge >= 0.3 is 0 Å². The Bertz CT molecular complexity index is 528. The van der Waals surface area contributed by atoms with Gasteiger partial charge in [-0.3, -0.25) is 9.31 Å². The molecule has 2 aromatic rings. The maximum Gasteiger partial charge on any atom is 0.227 e. The van der Waals surface area contributed by atoms with E-state index in [0.29, 0.717) is 5.65 Å². The van der Waals surface area contributed by atoms with E-state index in [1.165, 1.54) is 4.52 Å². The molecule has 0 saturated carbocycles. The number of hydrogen-bond acceptors (Lipinski definition) is 4. The molecule has 0 saturated heterocycles. The molecule has 0 amide bonds. The van der Waals surface area contributed by atoms with E-state index in [2.05, 4.69) is 15.3 Å². The average molecular weight is 278 g/mol. The van der Waals surface area contributed by atoms with Crippen molar-refractivity contribution in [2.75, 3.05) is 0 Å². The van der Waals surface area contributed by atoms with Crippen molar-refractivity contribution < 1.29 is 27.3 Å². The van der Waals surface area contributed by atoms with Gasteiger partial charge in [-0.05, 0) is 0 Å². The molecule has 0 fully saturated rings. The first-order chi connectivity index (χ1) is 6.89. The van der Waals surface area contributed by atoms with E-state index in [1.54, 1.807) is 6.07 Å². The Hall–Kier alpha value is -0.626. The summed E-state index contributed by atoms with van der Waals surface area (Å²) in [6.07, 6.45) is 0. The van der Waals surface area contributed by atoms with Crippen LogP contribution in [0.4, 0.5) is 0 Å². The van der Waals surface area contributed by atoms with E-state index in [1.807, 2.05) is 20.8 Å². The first-order valence-corrected chi connectivity index (χ1v) is 5.51. The first-order valence-electron chi connectivity index (χ1n) is 4.43. The molecule has 0 spiro atoms. The number of aromatic nitrogens is 4. The van der Waals surface area contributed by atoms with Crippen LogP contribution in [0, 0.1) is 0 Å². The fourth-order valence-corrected chi connectivity index (χ4v) is 1.65. The molecule has 0 bridgehead atoms. The van der Waals surface area contributed by atoms with Crippen LogP contribution < -0.4 is 0 Å². The van der Waals surface area contributed by atoms with Crippen molar-refractivity contribution in [3.8, 4) is 0 Å². The molecule has 16 heavy (non-hydrogen) atoms. The largest absolute Gasteiger partial charge is 0.766 e. The molecule has 2 aromatic heterocycles. The zero-order valence-corrected chi connectivity index (χ0v) is 11.3. The molecule has 1 N–H and O–H groups in total. The van der Waals surface area contributed by atoms with E-state index < -0.39 is 11.1 Å². The zero-order valence-electron chi connectivity index (χ0n) is 9.09. The molecule has 0 aliphatic carbocycles. The summed E-state index contributed by atoms with van der Waals surface area (Å²) in [7, 11) is 0. The molecule has 1 unspecified atom stereocenters. The summed E-state index contributed by atoms with van der Waals surface area (Å²) in [5.74, 6) is 0. The van der Waals surface area contributed by atoms with Crippen LogP contribution in [0.2, 0.25) is 0 Å². The van der Waals surface area contributed by atoms with Gasteiger partial charge in [-0.1, -0.05) is 20.8 Å². The van der Waals surface area contributed by atoms with Gasteiger partial charge in [-0.25, -0.2) is 4.52 Å². The van der Waals surface area contributed by atoms with Crippen molar-refractivity contribution in [1.29, 1.82) is 0 Å². The molecule has 0 aromatic carbocycles. The van der Waals surface area contributed by atoms with Crippen LogP contribution in [0.25, 0.3) is 5.65 Å². The van der Waals surface area contributed by atoms with Gasteiger partial charge in [0.1, 0.15) is 0 Å². The summed E-state index contributed by atoms with van der Waals surface area (Å²) in [5, 5.41) is 10.2. The third kappa shape index (κ3) is 2.22. The Morgan fingerprint density at radius 1 is 1.44 bits per heavy atom. The predicted molar refractivity (Wildman–Crippen MR) is 53.2 cm³/mol. The molecule has 87 valence electrons. The van der Waals surface area contributed by atoms with Gasteiger partial charge in [0.15, 0.2) is 5.65 Å². The molecular formula is C8H11N4O2SV-. The summed E-state index contributed by atoms with van der Waals surface area (Å²) < 4.78 is 22.9. The SMILES string of the molecule is CC(C)(C)c1cc2nnc(S(=O)[O-])n2[nH]1.[V]. The minimum Gasteiger partial charge on any atom is -0.766 e. The minimum atomic E-state index is -2.38. The van der Waals surface area contributed by atoms with Gasteiger partial charge in [0.25, 0.3) is 0 Å². The number of nitrogens with one attached hydrogen (secondary N) is 1. The summed E-state index contributed by atoms with van der Waals surface area (Å²) in [6, 6.07) is 1.80. The van der Waals surface area contributed by atoms with Crippen molar-refractivity contribution >= 4 is 16.7 Å². The van der Waals surface area contributed by atoms with E-state index in [-0.39, 0.29) is 29.1 Å². The van der Waals surface area contributed by atoms with Crippen molar-refractivity contribution in [1.82, 2.24) is 19.8 Å². The number of rotatable bonds is 1. The fourth-order valence-electron chi connectivity index (χ4n) is 1.25. The number of H-pyrrole nitrogens is 1. The van der Waals surface area contributed by atoms with Gasteiger partial charge < -0.3 is 4.55 Å². The van der Waals surface area contributed by atoms with Crippen molar-refractivity contribution in [2.24, 2.45) is 0 Å². The van der Waals surface area contributed by atoms with Crippen LogP contribution in [0.3, 0.4) is 0 Å². The first kappa shape index (κ1) is 13.4. The predicted octanol–water partition coefficient (Wildman–Crippen LogP) is 0.590. The summed E-state index contributed by atoms with van der Waals surface area (Å²) >= 11 is -2.38. The van der Waals surface area contributed by atoms with Gasteiger partial charge in [-0.2, -0.15) is 0 Å². The smallest absolute Gasteiger partial charge is 0.227 e. The molecule has 1 atom stereocenters. The second-order valence-corrected chi connectivity index (χ2v) is 5.17. The van der Waals surface area contributed by atoms with Crippen LogP contribution in [0.15, 0.2) is 11.2 Å². The minimum absolute atomic E-state index is 0. The van der Waals surface area contributed by atoms with E-state index in [0.717, 1.165) is 5.69 Å². The summed E-state index contributed by atoms with van der Waals surface area (Å²) in [6.45, 7) is 6.08. The molecule has 1 radical (unpaired) electrons. The van der Waals surface area contributed by atoms with Crippen LogP contribution in [0.1, 0.15) is 26.5 Å². The third-order valence-electron chi connectivity index (χ3n) is 2.12. The Morgan fingerprint density at radius 2 is 2.06 bits per heavy atom. The second-order valence-electron chi connectivity index (χ2n) is 4.33. The van der Waals surface area contributed by atoms with Crippen molar-refractivity contribution in [2.45, 2.75) is 31.3 Å². The summed E-state index contributed by atoms with van der Waals surface area (Å²) in [5.41, 5.74) is 1.35. The van der Waals surface area contributed by atoms with Crippen molar-refractivity contribution in [3.05, 3.63) is 11.8 Å². The van der Waals surface area contributed by atoms with Gasteiger partial charge in [0, 0.05) is 46.8 Å². The monoisotopic (exact) mass is 278 g/mol. The van der Waals surface area contributed by atoms with Crippen LogP contribution in [-0.2, 0) is 35.1 Å². The molecule has 8 heteroatoms. The number of aromatic amines is 1. The Balaban J connectivity index is 0.00000128. The van der Waals surface area contributed by atoms with E-state index in [9.17, 15) is 8.76 Å². The van der Waals surface area contributed by atoms with Gasteiger partial charge in [0.05, 0.1) is 0 Å². The molecule has 2 rings (SSSR count). The second kappa shape index (κ2) is 4.33. The summed E-state index contributed by atoms with van der Waals surface area (Å²) in [4.78, 5) is 0. The number of nitrogens with zero attached hydrogens (tertiary/aromatic N) is 3. The van der Waals surface area contributed by atoms with Gasteiger partial charge in [0.2, 0.25) is 5.16 Å². The van der Waals surface area contributed by atoms with E-state index in [4.69, 9.17) is 0 Å². The van der Waals surface area contributed by atoms with Crippen LogP contribution in [-0.4, -0.2) is 28.6 Å². The topological polar surface area (TPSA) is 86.1 Å². The molecule has 2 heterocycles. The quantitative estimate of drug-likeness (QED) is 0.773. The van der Waals surface area contributed by atoms with E-state index >= 15 is 0 Å².